The van der Waals surface area contributed by atoms with Gasteiger partial charge in [0, 0.05) is 11.6 Å². The van der Waals surface area contributed by atoms with Gasteiger partial charge in [-0.2, -0.15) is 0 Å². The van der Waals surface area contributed by atoms with Crippen molar-refractivity contribution in [2.24, 2.45) is 5.92 Å². The summed E-state index contributed by atoms with van der Waals surface area (Å²) in [4.78, 5) is 0. The van der Waals surface area contributed by atoms with Crippen LogP contribution in [0.1, 0.15) is 64.9 Å². The first-order valence-electron chi connectivity index (χ1n) is 19.8. The summed E-state index contributed by atoms with van der Waals surface area (Å²) in [5.74, 6) is 0.270. The Bertz CT molecular complexity index is 2570. The van der Waals surface area contributed by atoms with Crippen LogP contribution in [0, 0.1) is 5.92 Å². The van der Waals surface area contributed by atoms with Gasteiger partial charge in [0.15, 0.2) is 0 Å². The minimum absolute atomic E-state index is 0.00997. The maximum absolute atomic E-state index is 4.06. The van der Waals surface area contributed by atoms with Crippen LogP contribution in [0.25, 0.3) is 33.4 Å². The summed E-state index contributed by atoms with van der Waals surface area (Å²) in [5, 5.41) is 8.03. The summed E-state index contributed by atoms with van der Waals surface area (Å²) in [7, 11) is 0. The lowest BCUT2D eigenvalue weighted by Crippen LogP contribution is -2.42. The number of fused-ring (bicyclic) bond motifs is 10. The van der Waals surface area contributed by atoms with Crippen molar-refractivity contribution in [2.45, 2.75) is 36.9 Å². The number of allylic oxidation sites excluding steroid dienone is 8. The van der Waals surface area contributed by atoms with Gasteiger partial charge in [0.1, 0.15) is 6.17 Å². The minimum atomic E-state index is -0.364. The van der Waals surface area contributed by atoms with E-state index in [1.807, 2.05) is 0 Å². The predicted molar refractivity (Wildman–Crippen MR) is 226 cm³/mol. The van der Waals surface area contributed by atoms with Gasteiger partial charge in [-0.15, -0.1) is 0 Å². The van der Waals surface area contributed by atoms with Crippen LogP contribution < -0.4 is 10.6 Å². The lowest BCUT2D eigenvalue weighted by Gasteiger charge is -2.36. The molecule has 0 radical (unpaired) electrons. The van der Waals surface area contributed by atoms with E-state index in [1.54, 1.807) is 0 Å². The second-order valence-electron chi connectivity index (χ2n) is 15.5. The predicted octanol–water partition coefficient (Wildman–Crippen LogP) is 12.3. The third-order valence-electron chi connectivity index (χ3n) is 12.6. The fourth-order valence-electron chi connectivity index (χ4n) is 9.96. The normalized spacial score (nSPS) is 21.1. The first-order valence-corrected chi connectivity index (χ1v) is 19.8. The molecular formula is C53H42N2. The third-order valence-corrected chi connectivity index (χ3v) is 12.6. The molecule has 0 fully saturated rings. The zero-order valence-corrected chi connectivity index (χ0v) is 30.8. The number of nitrogens with one attached hydrogen (secondary N) is 2. The summed E-state index contributed by atoms with van der Waals surface area (Å²) < 4.78 is 0. The molecule has 6 aromatic carbocycles. The maximum Gasteiger partial charge on any atom is 0.104 e. The van der Waals surface area contributed by atoms with Crippen molar-refractivity contribution in [1.82, 2.24) is 10.6 Å². The average molecular weight is 707 g/mol. The average Bonchev–Trinajstić information content (AvgIpc) is 3.74. The molecule has 11 rings (SSSR count). The molecule has 0 saturated carbocycles. The van der Waals surface area contributed by atoms with Gasteiger partial charge >= 0.3 is 0 Å². The number of hydrogen-bond donors (Lipinski definition) is 2. The smallest absolute Gasteiger partial charge is 0.104 e. The monoisotopic (exact) mass is 706 g/mol. The van der Waals surface area contributed by atoms with E-state index in [4.69, 9.17) is 0 Å². The lowest BCUT2D eigenvalue weighted by molar-refractivity contribution is 0.396. The first-order chi connectivity index (χ1) is 27.3. The van der Waals surface area contributed by atoms with Crippen molar-refractivity contribution in [1.29, 1.82) is 0 Å². The molecule has 0 saturated heterocycles. The van der Waals surface area contributed by atoms with Crippen LogP contribution >= 0.6 is 0 Å². The number of hydrogen-bond acceptors (Lipinski definition) is 2. The summed E-state index contributed by atoms with van der Waals surface area (Å²) >= 11 is 0. The van der Waals surface area contributed by atoms with Crippen molar-refractivity contribution in [3.63, 3.8) is 0 Å². The fourth-order valence-corrected chi connectivity index (χ4v) is 9.96. The molecular weight excluding hydrogens is 665 g/mol. The zero-order chi connectivity index (χ0) is 36.3. The van der Waals surface area contributed by atoms with Crippen molar-refractivity contribution in [2.75, 3.05) is 0 Å². The van der Waals surface area contributed by atoms with Crippen LogP contribution in [-0.2, 0) is 5.41 Å². The quantitative estimate of drug-likeness (QED) is 0.186. The van der Waals surface area contributed by atoms with Gasteiger partial charge in [0.25, 0.3) is 0 Å². The molecule has 5 aliphatic rings. The highest BCUT2D eigenvalue weighted by molar-refractivity contribution is 5.95. The van der Waals surface area contributed by atoms with E-state index in [0.717, 1.165) is 19.3 Å². The highest BCUT2D eigenvalue weighted by Gasteiger charge is 2.51. The Labute approximate surface area is 324 Å². The van der Waals surface area contributed by atoms with Crippen molar-refractivity contribution >= 4 is 0 Å². The van der Waals surface area contributed by atoms with Crippen LogP contribution in [0.4, 0.5) is 0 Å². The van der Waals surface area contributed by atoms with Crippen LogP contribution in [0.2, 0.25) is 0 Å². The Morgan fingerprint density at radius 3 is 1.75 bits per heavy atom. The standard InChI is InChI=1S/C53H42N2/c1-3-13-35(14-4-1)37-23-27-39(28-24-37)50-34-51(55-52(54-50)40-29-25-38(26-30-40)36-15-5-2-6-16-36)41-31-32-45-44-19-9-12-22-48(44)53(49(45)33-41)46-20-10-7-17-42(46)43-18-8-11-21-47(43)53/h2-3,5-27,29-34,39,51-52,54-55H,1,4,28H2. The molecule has 3 atom stereocenters. The Morgan fingerprint density at radius 1 is 0.509 bits per heavy atom. The van der Waals surface area contributed by atoms with E-state index < -0.39 is 0 Å². The van der Waals surface area contributed by atoms with Gasteiger partial charge < -0.3 is 5.32 Å². The molecule has 0 aromatic heterocycles. The largest absolute Gasteiger partial charge is 0.369 e. The fraction of sp³-hybridized carbons (Fsp3) is 0.132. The molecule has 1 spiro atoms. The van der Waals surface area contributed by atoms with Gasteiger partial charge in [0.05, 0.1) is 11.5 Å². The summed E-state index contributed by atoms with van der Waals surface area (Å²) in [6.45, 7) is 0. The van der Waals surface area contributed by atoms with Crippen LogP contribution in [-0.4, -0.2) is 0 Å². The van der Waals surface area contributed by atoms with Crippen molar-refractivity contribution in [3.8, 4) is 33.4 Å². The Hall–Kier alpha value is -6.22. The zero-order valence-electron chi connectivity index (χ0n) is 30.8. The van der Waals surface area contributed by atoms with Gasteiger partial charge in [-0.1, -0.05) is 182 Å². The van der Waals surface area contributed by atoms with Gasteiger partial charge in [-0.05, 0) is 103 Å². The lowest BCUT2D eigenvalue weighted by atomic mass is 9.70. The van der Waals surface area contributed by atoms with Gasteiger partial charge in [0.2, 0.25) is 0 Å². The Kier molecular flexibility index (Phi) is 7.60. The maximum atomic E-state index is 4.06. The van der Waals surface area contributed by atoms with Crippen LogP contribution in [0.5, 0.6) is 0 Å². The summed E-state index contributed by atoms with van der Waals surface area (Å²) in [6, 6.07) is 54.2. The van der Waals surface area contributed by atoms with Gasteiger partial charge in [-0.25, -0.2) is 0 Å². The molecule has 1 heterocycles. The second-order valence-corrected chi connectivity index (χ2v) is 15.5. The van der Waals surface area contributed by atoms with E-state index in [1.165, 1.54) is 83.6 Å². The van der Waals surface area contributed by atoms with E-state index in [0.29, 0.717) is 0 Å². The number of rotatable bonds is 5. The van der Waals surface area contributed by atoms with Crippen molar-refractivity contribution in [3.05, 3.63) is 238 Å². The second kappa shape index (κ2) is 13.0. The Morgan fingerprint density at radius 2 is 1.11 bits per heavy atom. The molecule has 2 nitrogen and oxygen atoms in total. The summed E-state index contributed by atoms with van der Waals surface area (Å²) in [5.41, 5.74) is 19.4. The topological polar surface area (TPSA) is 24.1 Å². The molecule has 1 aliphatic heterocycles. The van der Waals surface area contributed by atoms with Crippen LogP contribution in [0.15, 0.2) is 205 Å². The van der Waals surface area contributed by atoms with E-state index in [9.17, 15) is 0 Å². The molecule has 4 aliphatic carbocycles. The van der Waals surface area contributed by atoms with Crippen molar-refractivity contribution < 1.29 is 0 Å². The van der Waals surface area contributed by atoms with E-state index in [-0.39, 0.29) is 23.5 Å². The minimum Gasteiger partial charge on any atom is -0.369 e. The molecule has 0 bridgehead atoms. The molecule has 3 unspecified atom stereocenters. The molecule has 2 N–H and O–H groups in total. The highest BCUT2D eigenvalue weighted by atomic mass is 15.2. The van der Waals surface area contributed by atoms with Crippen LogP contribution in [0.3, 0.4) is 0 Å². The SMILES string of the molecule is C1=CC(C2=CCC(C3=CC(c4ccc5c(c4)C4(c6ccccc6-c6ccccc64)c4ccccc4-5)NC(c4ccc(-c5ccccc5)cc4)N3)C=C2)=CCC1. The molecule has 2 heteroatoms. The molecule has 6 aromatic rings. The number of benzene rings is 6. The molecule has 264 valence electrons. The molecule has 0 amide bonds. The summed E-state index contributed by atoms with van der Waals surface area (Å²) in [6.07, 6.45) is 19.8. The van der Waals surface area contributed by atoms with Gasteiger partial charge in [-0.3, -0.25) is 5.32 Å². The highest BCUT2D eigenvalue weighted by Crippen LogP contribution is 2.63. The van der Waals surface area contributed by atoms with E-state index in [2.05, 4.69) is 199 Å². The Balaban J connectivity index is 1.02. The third kappa shape index (κ3) is 5.13. The molecule has 55 heavy (non-hydrogen) atoms. The van der Waals surface area contributed by atoms with E-state index >= 15 is 0 Å². The first kappa shape index (κ1) is 32.2.